The highest BCUT2D eigenvalue weighted by atomic mass is 19.4. The molecule has 1 aromatic rings. The van der Waals surface area contributed by atoms with Crippen molar-refractivity contribution in [1.82, 2.24) is 0 Å². The lowest BCUT2D eigenvalue weighted by Crippen LogP contribution is -2.15. The normalized spacial score (nSPS) is 11.0. The second-order valence-corrected chi connectivity index (χ2v) is 4.17. The van der Waals surface area contributed by atoms with Crippen LogP contribution in [0.4, 0.5) is 13.2 Å². The van der Waals surface area contributed by atoms with E-state index in [1.165, 1.54) is 0 Å². The van der Waals surface area contributed by atoms with Crippen LogP contribution >= 0.6 is 0 Å². The number of Topliss-reactive ketones (excluding diaryl/α,β-unsaturated/α-hetero) is 1. The largest absolute Gasteiger partial charge is 0.482 e. The third-order valence-corrected chi connectivity index (χ3v) is 2.65. The molecule has 4 nitrogen and oxygen atoms in total. The molecular formula is C14H13F3O4. The van der Waals surface area contributed by atoms with Crippen molar-refractivity contribution in [3.8, 4) is 5.75 Å². The summed E-state index contributed by atoms with van der Waals surface area (Å²) in [7, 11) is 0. The Morgan fingerprint density at radius 1 is 1.33 bits per heavy atom. The van der Waals surface area contributed by atoms with Crippen LogP contribution in [0.5, 0.6) is 5.75 Å². The molecule has 0 heterocycles. The van der Waals surface area contributed by atoms with Crippen LogP contribution in [0.1, 0.15) is 29.3 Å². The van der Waals surface area contributed by atoms with Crippen molar-refractivity contribution in [3.05, 3.63) is 41.5 Å². The maximum atomic E-state index is 13.0. The summed E-state index contributed by atoms with van der Waals surface area (Å²) < 4.78 is 43.7. The molecule has 0 bridgehead atoms. The van der Waals surface area contributed by atoms with E-state index in [1.807, 2.05) is 0 Å². The quantitative estimate of drug-likeness (QED) is 0.647. The number of ketones is 1. The lowest BCUT2D eigenvalue weighted by atomic mass is 9.97. The molecule has 1 N–H and O–H groups in total. The number of ether oxygens (including phenoxy) is 1. The molecule has 1 rings (SSSR count). The van der Waals surface area contributed by atoms with Gasteiger partial charge in [0, 0.05) is 5.56 Å². The lowest BCUT2D eigenvalue weighted by molar-refractivity contribution is -0.139. The van der Waals surface area contributed by atoms with Gasteiger partial charge in [0.05, 0.1) is 5.56 Å². The first-order chi connectivity index (χ1) is 9.66. The van der Waals surface area contributed by atoms with Gasteiger partial charge in [-0.3, -0.25) is 4.79 Å². The summed E-state index contributed by atoms with van der Waals surface area (Å²) in [5.74, 6) is -2.39. The van der Waals surface area contributed by atoms with E-state index in [0.717, 1.165) is 12.1 Å². The van der Waals surface area contributed by atoms with Gasteiger partial charge in [-0.05, 0) is 30.2 Å². The molecule has 0 aliphatic heterocycles. The van der Waals surface area contributed by atoms with E-state index in [4.69, 9.17) is 9.84 Å². The average Bonchev–Trinajstić information content (AvgIpc) is 2.42. The van der Waals surface area contributed by atoms with Crippen LogP contribution in [-0.2, 0) is 11.0 Å². The van der Waals surface area contributed by atoms with Gasteiger partial charge in [0.1, 0.15) is 5.75 Å². The molecule has 0 atom stereocenters. The topological polar surface area (TPSA) is 63.6 Å². The van der Waals surface area contributed by atoms with Crippen LogP contribution < -0.4 is 4.74 Å². The Morgan fingerprint density at radius 2 is 1.95 bits per heavy atom. The number of carbonyl (C=O) groups is 2. The summed E-state index contributed by atoms with van der Waals surface area (Å²) in [6.45, 7) is 4.27. The molecular weight excluding hydrogens is 289 g/mol. The number of alkyl halides is 3. The van der Waals surface area contributed by atoms with Gasteiger partial charge < -0.3 is 9.84 Å². The highest BCUT2D eigenvalue weighted by Gasteiger charge is 2.36. The number of hydrogen-bond donors (Lipinski definition) is 1. The van der Waals surface area contributed by atoms with Gasteiger partial charge in [0.2, 0.25) is 0 Å². The zero-order chi connectivity index (χ0) is 16.2. The zero-order valence-corrected chi connectivity index (χ0v) is 11.2. The predicted molar refractivity (Wildman–Crippen MR) is 68.3 cm³/mol. The molecule has 0 unspecified atom stereocenters. The standard InChI is InChI=1S/C14H13F3O4/c1-3-8(2)13(20)10-5-4-9(21-7-12(18)19)6-11(10)14(15,16)17/h4-6H,2-3,7H2,1H3,(H,18,19). The van der Waals surface area contributed by atoms with E-state index < -0.39 is 35.7 Å². The van der Waals surface area contributed by atoms with E-state index in [1.54, 1.807) is 6.92 Å². The summed E-state index contributed by atoms with van der Waals surface area (Å²) in [6.07, 6.45) is -4.53. The van der Waals surface area contributed by atoms with Crippen LogP contribution in [0.25, 0.3) is 0 Å². The Labute approximate surface area is 118 Å². The van der Waals surface area contributed by atoms with E-state index in [9.17, 15) is 22.8 Å². The second-order valence-electron chi connectivity index (χ2n) is 4.17. The van der Waals surface area contributed by atoms with E-state index in [-0.39, 0.29) is 17.7 Å². The first-order valence-electron chi connectivity index (χ1n) is 5.95. The summed E-state index contributed by atoms with van der Waals surface area (Å²) in [6, 6.07) is 2.69. The van der Waals surface area contributed by atoms with E-state index in [0.29, 0.717) is 6.07 Å². The molecule has 0 saturated heterocycles. The Balaban J connectivity index is 3.23. The van der Waals surface area contributed by atoms with Crippen LogP contribution in [0, 0.1) is 0 Å². The zero-order valence-electron chi connectivity index (χ0n) is 11.2. The Morgan fingerprint density at radius 3 is 2.43 bits per heavy atom. The minimum atomic E-state index is -4.76. The maximum Gasteiger partial charge on any atom is 0.417 e. The van der Waals surface area contributed by atoms with Crippen molar-refractivity contribution in [2.45, 2.75) is 19.5 Å². The third kappa shape index (κ3) is 4.34. The molecule has 114 valence electrons. The van der Waals surface area contributed by atoms with E-state index in [2.05, 4.69) is 6.58 Å². The highest BCUT2D eigenvalue weighted by Crippen LogP contribution is 2.35. The number of hydrogen-bond acceptors (Lipinski definition) is 3. The number of halogens is 3. The van der Waals surface area contributed by atoms with Gasteiger partial charge in [-0.2, -0.15) is 13.2 Å². The SMILES string of the molecule is C=C(CC)C(=O)c1ccc(OCC(=O)O)cc1C(F)(F)F. The van der Waals surface area contributed by atoms with E-state index >= 15 is 0 Å². The van der Waals surface area contributed by atoms with Gasteiger partial charge in [0.15, 0.2) is 12.4 Å². The van der Waals surface area contributed by atoms with Crippen LogP contribution in [0.15, 0.2) is 30.4 Å². The fourth-order valence-electron chi connectivity index (χ4n) is 1.54. The molecule has 21 heavy (non-hydrogen) atoms. The van der Waals surface area contributed by atoms with Gasteiger partial charge in [-0.25, -0.2) is 4.79 Å². The highest BCUT2D eigenvalue weighted by molar-refractivity contribution is 6.09. The molecule has 0 aliphatic rings. The number of carboxylic acids is 1. The summed E-state index contributed by atoms with van der Waals surface area (Å²) in [5.41, 5.74) is -1.65. The van der Waals surface area contributed by atoms with Crippen molar-refractivity contribution in [3.63, 3.8) is 0 Å². The lowest BCUT2D eigenvalue weighted by Gasteiger charge is -2.14. The molecule has 0 radical (unpaired) electrons. The predicted octanol–water partition coefficient (Wildman–Crippen LogP) is 3.32. The number of benzene rings is 1. The average molecular weight is 302 g/mol. The fourth-order valence-corrected chi connectivity index (χ4v) is 1.54. The Kier molecular flexibility index (Phi) is 5.12. The Hall–Kier alpha value is -2.31. The molecule has 0 amide bonds. The second kappa shape index (κ2) is 6.43. The van der Waals surface area contributed by atoms with Gasteiger partial charge in [0.25, 0.3) is 0 Å². The minimum Gasteiger partial charge on any atom is -0.482 e. The molecule has 0 saturated carbocycles. The van der Waals surface area contributed by atoms with Crippen molar-refractivity contribution >= 4 is 11.8 Å². The number of carbonyl (C=O) groups excluding carboxylic acids is 1. The number of aliphatic carboxylic acids is 1. The number of carboxylic acid groups (broad SMARTS) is 1. The van der Waals surface area contributed by atoms with Crippen molar-refractivity contribution in [2.75, 3.05) is 6.61 Å². The van der Waals surface area contributed by atoms with Gasteiger partial charge in [-0.1, -0.05) is 13.5 Å². The van der Waals surface area contributed by atoms with Gasteiger partial charge >= 0.3 is 12.1 Å². The minimum absolute atomic E-state index is 0.0553. The molecule has 1 aromatic carbocycles. The van der Waals surface area contributed by atoms with Crippen molar-refractivity contribution in [1.29, 1.82) is 0 Å². The summed E-state index contributed by atoms with van der Waals surface area (Å²) in [4.78, 5) is 22.2. The molecule has 0 aromatic heterocycles. The summed E-state index contributed by atoms with van der Waals surface area (Å²) in [5, 5.41) is 8.44. The molecule has 0 fully saturated rings. The first kappa shape index (κ1) is 16.7. The molecule has 7 heteroatoms. The third-order valence-electron chi connectivity index (χ3n) is 2.65. The maximum absolute atomic E-state index is 13.0. The van der Waals surface area contributed by atoms with Crippen molar-refractivity contribution < 1.29 is 32.6 Å². The Bertz CT molecular complexity index is 576. The van der Waals surface area contributed by atoms with Crippen molar-refractivity contribution in [2.24, 2.45) is 0 Å². The molecule has 0 aliphatic carbocycles. The van der Waals surface area contributed by atoms with Crippen LogP contribution in [0.3, 0.4) is 0 Å². The number of allylic oxidation sites excluding steroid dienone is 1. The van der Waals surface area contributed by atoms with Crippen LogP contribution in [0.2, 0.25) is 0 Å². The fraction of sp³-hybridized carbons (Fsp3) is 0.286. The first-order valence-corrected chi connectivity index (χ1v) is 5.95. The smallest absolute Gasteiger partial charge is 0.417 e. The molecule has 0 spiro atoms. The summed E-state index contributed by atoms with van der Waals surface area (Å²) >= 11 is 0. The monoisotopic (exact) mass is 302 g/mol. The number of rotatable bonds is 6. The van der Waals surface area contributed by atoms with Crippen LogP contribution in [-0.4, -0.2) is 23.5 Å². The van der Waals surface area contributed by atoms with Gasteiger partial charge in [-0.15, -0.1) is 0 Å².